The van der Waals surface area contributed by atoms with E-state index in [4.69, 9.17) is 10.2 Å². The third-order valence-corrected chi connectivity index (χ3v) is 7.25. The van der Waals surface area contributed by atoms with Crippen molar-refractivity contribution in [3.05, 3.63) is 60.2 Å². The van der Waals surface area contributed by atoms with Crippen LogP contribution in [0.15, 0.2) is 64.4 Å². The highest BCUT2D eigenvalue weighted by Gasteiger charge is 2.23. The maximum atomic E-state index is 9.55. The smallest absolute Gasteiger partial charge is 0.328 e. The molecule has 1 saturated heterocycles. The Bertz CT molecular complexity index is 1020. The van der Waals surface area contributed by atoms with Crippen LogP contribution >= 0.6 is 24.4 Å². The van der Waals surface area contributed by atoms with Crippen molar-refractivity contribution in [2.24, 2.45) is 0 Å². The van der Waals surface area contributed by atoms with Gasteiger partial charge in [0.2, 0.25) is 0 Å². The highest BCUT2D eigenvalue weighted by molar-refractivity contribution is 7.99. The maximum absolute atomic E-state index is 9.55. The maximum Gasteiger partial charge on any atom is 0.328 e. The summed E-state index contributed by atoms with van der Waals surface area (Å²) in [4.78, 5) is 29.4. The Morgan fingerprint density at radius 3 is 2.26 bits per heavy atom. The van der Waals surface area contributed by atoms with Crippen LogP contribution in [-0.4, -0.2) is 84.0 Å². The van der Waals surface area contributed by atoms with Crippen molar-refractivity contribution in [3.63, 3.8) is 0 Å². The van der Waals surface area contributed by atoms with Crippen LogP contribution in [-0.2, 0) is 16.0 Å². The Morgan fingerprint density at radius 1 is 0.943 bits per heavy atom. The van der Waals surface area contributed by atoms with E-state index in [0.29, 0.717) is 12.2 Å². The molecule has 0 aliphatic carbocycles. The number of likely N-dealkylation sites (N-methyl/N-ethyl adjacent to an activating group) is 1. The number of para-hydroxylation sites is 1. The van der Waals surface area contributed by atoms with Gasteiger partial charge in [-0.05, 0) is 62.0 Å². The molecule has 2 aromatic carbocycles. The van der Waals surface area contributed by atoms with Gasteiger partial charge in [-0.25, -0.2) is 9.59 Å². The zero-order chi connectivity index (χ0) is 25.2. The quantitative estimate of drug-likeness (QED) is 0.358. The minimum Gasteiger partial charge on any atom is -0.478 e. The second kappa shape index (κ2) is 13.6. The van der Waals surface area contributed by atoms with E-state index in [1.54, 1.807) is 0 Å². The fourth-order valence-corrected chi connectivity index (χ4v) is 5.49. The molecular weight excluding hydrogens is 482 g/mol. The number of anilines is 2. The molecule has 2 heterocycles. The van der Waals surface area contributed by atoms with E-state index < -0.39 is 11.9 Å². The highest BCUT2D eigenvalue weighted by Crippen LogP contribution is 2.48. The number of carboxylic acids is 2. The topological polar surface area (TPSA) is 84.3 Å². The Hall–Kier alpha value is -2.46. The number of hydrogen-bond acceptors (Lipinski definition) is 7. The van der Waals surface area contributed by atoms with E-state index in [0.717, 1.165) is 18.7 Å². The van der Waals surface area contributed by atoms with Gasteiger partial charge in [-0.15, -0.1) is 0 Å². The molecule has 0 spiro atoms. The molecule has 188 valence electrons. The predicted molar refractivity (Wildman–Crippen MR) is 145 cm³/mol. The van der Waals surface area contributed by atoms with Crippen molar-refractivity contribution >= 4 is 47.7 Å². The number of fused-ring (bicyclic) bond motifs is 2. The molecule has 0 bridgehead atoms. The molecule has 35 heavy (non-hydrogen) atoms. The number of rotatable bonds is 8. The molecule has 7 nitrogen and oxygen atoms in total. The molecule has 1 fully saturated rings. The average molecular weight is 516 g/mol. The van der Waals surface area contributed by atoms with Crippen molar-refractivity contribution in [1.29, 1.82) is 0 Å². The molecule has 2 aliphatic rings. The molecule has 2 N–H and O–H groups in total. The van der Waals surface area contributed by atoms with Crippen LogP contribution in [0.4, 0.5) is 11.4 Å². The Kier molecular flexibility index (Phi) is 10.5. The zero-order valence-corrected chi connectivity index (χ0v) is 21.7. The molecular formula is C26H33N3O4S2. The van der Waals surface area contributed by atoms with Gasteiger partial charge >= 0.3 is 11.9 Å². The molecule has 0 aromatic heterocycles. The van der Waals surface area contributed by atoms with Crippen LogP contribution in [0, 0.1) is 0 Å². The predicted octanol–water partition coefficient (Wildman–Crippen LogP) is 4.11. The van der Waals surface area contributed by atoms with E-state index in [2.05, 4.69) is 76.8 Å². The number of carbonyl (C=O) groups is 2. The first-order valence-corrected chi connectivity index (χ1v) is 13.2. The first-order valence-electron chi connectivity index (χ1n) is 11.7. The van der Waals surface area contributed by atoms with Gasteiger partial charge < -0.3 is 24.9 Å². The van der Waals surface area contributed by atoms with E-state index in [1.165, 1.54) is 65.9 Å². The summed E-state index contributed by atoms with van der Waals surface area (Å²) in [5, 5.41) is 15.6. The minimum absolute atomic E-state index is 0.558. The van der Waals surface area contributed by atoms with Crippen molar-refractivity contribution < 1.29 is 19.8 Å². The fraction of sp³-hybridized carbons (Fsp3) is 0.385. The lowest BCUT2D eigenvalue weighted by atomic mass is 10.1. The van der Waals surface area contributed by atoms with Crippen molar-refractivity contribution in [2.75, 3.05) is 57.0 Å². The standard InChI is InChI=1S/C22H29N3S2.C4H4O4/c1-23-12-14-24(15-13-23)10-4-11-25-19-5-2-3-6-21(19)27-22-17-18(9-16-26)7-8-20(22)25;5-3(6)1-2-4(7)8/h2-3,5-8,17,26H,4,9-16H2,1H3;1-2H,(H,5,6)(H,7,8). The summed E-state index contributed by atoms with van der Waals surface area (Å²) in [6, 6.07) is 15.8. The van der Waals surface area contributed by atoms with Crippen LogP contribution in [0.2, 0.25) is 0 Å². The minimum atomic E-state index is -1.26. The van der Waals surface area contributed by atoms with Gasteiger partial charge in [0.15, 0.2) is 0 Å². The molecule has 4 rings (SSSR count). The summed E-state index contributed by atoms with van der Waals surface area (Å²) in [7, 11) is 2.22. The van der Waals surface area contributed by atoms with Gasteiger partial charge in [-0.1, -0.05) is 30.0 Å². The van der Waals surface area contributed by atoms with Gasteiger partial charge in [0.1, 0.15) is 0 Å². The summed E-state index contributed by atoms with van der Waals surface area (Å²) in [5.41, 5.74) is 4.10. The van der Waals surface area contributed by atoms with Crippen molar-refractivity contribution in [1.82, 2.24) is 9.80 Å². The van der Waals surface area contributed by atoms with Crippen LogP contribution in [0.5, 0.6) is 0 Å². The highest BCUT2D eigenvalue weighted by atomic mass is 32.2. The number of thiol groups is 1. The number of carboxylic acid groups (broad SMARTS) is 2. The number of benzene rings is 2. The van der Waals surface area contributed by atoms with Crippen LogP contribution in [0.3, 0.4) is 0 Å². The first-order chi connectivity index (χ1) is 16.9. The van der Waals surface area contributed by atoms with E-state index >= 15 is 0 Å². The number of hydrogen-bond donors (Lipinski definition) is 3. The molecule has 0 unspecified atom stereocenters. The number of aliphatic carboxylic acids is 2. The second-order valence-electron chi connectivity index (χ2n) is 8.51. The molecule has 2 aromatic rings. The van der Waals surface area contributed by atoms with Gasteiger partial charge in [-0.2, -0.15) is 12.6 Å². The van der Waals surface area contributed by atoms with Gasteiger partial charge in [-0.3, -0.25) is 0 Å². The van der Waals surface area contributed by atoms with E-state index in [9.17, 15) is 9.59 Å². The normalized spacial score (nSPS) is 15.8. The number of piperazine rings is 1. The summed E-state index contributed by atoms with van der Waals surface area (Å²) in [5.74, 6) is -1.62. The van der Waals surface area contributed by atoms with Gasteiger partial charge in [0, 0.05) is 54.7 Å². The third kappa shape index (κ3) is 8.31. The largest absolute Gasteiger partial charge is 0.478 e. The number of nitrogens with zero attached hydrogens (tertiary/aromatic N) is 3. The summed E-state index contributed by atoms with van der Waals surface area (Å²) in [6.07, 6.45) is 3.34. The third-order valence-electron chi connectivity index (χ3n) is 5.91. The number of aryl methyl sites for hydroxylation is 1. The van der Waals surface area contributed by atoms with Crippen LogP contribution in [0.25, 0.3) is 0 Å². The summed E-state index contributed by atoms with van der Waals surface area (Å²) < 4.78 is 0. The van der Waals surface area contributed by atoms with Gasteiger partial charge in [0.25, 0.3) is 0 Å². The summed E-state index contributed by atoms with van der Waals surface area (Å²) >= 11 is 6.30. The van der Waals surface area contributed by atoms with E-state index in [-0.39, 0.29) is 0 Å². The first kappa shape index (κ1) is 27.1. The Morgan fingerprint density at radius 2 is 1.60 bits per heavy atom. The van der Waals surface area contributed by atoms with Crippen molar-refractivity contribution in [2.45, 2.75) is 22.6 Å². The molecule has 2 aliphatic heterocycles. The van der Waals surface area contributed by atoms with E-state index in [1.807, 2.05) is 11.8 Å². The monoisotopic (exact) mass is 515 g/mol. The SMILES string of the molecule is CN1CCN(CCCN2c3ccccc3Sc3cc(CCS)ccc32)CC1.O=C(O)C=CC(=O)O. The molecule has 0 saturated carbocycles. The lowest BCUT2D eigenvalue weighted by Crippen LogP contribution is -2.45. The molecule has 9 heteroatoms. The zero-order valence-electron chi connectivity index (χ0n) is 20.0. The van der Waals surface area contributed by atoms with Gasteiger partial charge in [0.05, 0.1) is 11.4 Å². The molecule has 0 radical (unpaired) electrons. The summed E-state index contributed by atoms with van der Waals surface area (Å²) in [6.45, 7) is 7.05. The fourth-order valence-electron chi connectivity index (χ4n) is 4.07. The lowest BCUT2D eigenvalue weighted by Gasteiger charge is -2.35. The second-order valence-corrected chi connectivity index (χ2v) is 10.0. The molecule has 0 atom stereocenters. The lowest BCUT2D eigenvalue weighted by molar-refractivity contribution is -0.134. The van der Waals surface area contributed by atoms with Crippen LogP contribution < -0.4 is 4.90 Å². The average Bonchev–Trinajstić information content (AvgIpc) is 2.84. The van der Waals surface area contributed by atoms with Crippen LogP contribution in [0.1, 0.15) is 12.0 Å². The molecule has 0 amide bonds. The Balaban J connectivity index is 0.000000371. The Labute approximate surface area is 216 Å². The van der Waals surface area contributed by atoms with Crippen molar-refractivity contribution in [3.8, 4) is 0 Å².